The van der Waals surface area contributed by atoms with E-state index in [0.717, 1.165) is 50.0 Å². The lowest BCUT2D eigenvalue weighted by molar-refractivity contribution is -0.0246. The number of ether oxygens (including phenoxy) is 1. The molecule has 3 unspecified atom stereocenters. The summed E-state index contributed by atoms with van der Waals surface area (Å²) in [6.45, 7) is 1.00. The van der Waals surface area contributed by atoms with Gasteiger partial charge in [0.1, 0.15) is 0 Å². The topological polar surface area (TPSA) is 29.5 Å². The first-order chi connectivity index (χ1) is 7.81. The van der Waals surface area contributed by atoms with Crippen molar-refractivity contribution < 1.29 is 9.84 Å². The van der Waals surface area contributed by atoms with Gasteiger partial charge in [-0.15, -0.1) is 0 Å². The van der Waals surface area contributed by atoms with E-state index in [4.69, 9.17) is 4.74 Å². The van der Waals surface area contributed by atoms with Crippen molar-refractivity contribution in [2.24, 2.45) is 17.8 Å². The summed E-state index contributed by atoms with van der Waals surface area (Å²) >= 11 is 0. The molecule has 92 valence electrons. The van der Waals surface area contributed by atoms with Crippen LogP contribution >= 0.6 is 0 Å². The predicted molar refractivity (Wildman–Crippen MR) is 63.2 cm³/mol. The number of aliphatic hydroxyl groups is 1. The predicted octanol–water partition coefficient (Wildman–Crippen LogP) is 2.74. The second kappa shape index (κ2) is 4.66. The maximum absolute atomic E-state index is 9.44. The van der Waals surface area contributed by atoms with Crippen LogP contribution in [0.2, 0.25) is 0 Å². The van der Waals surface area contributed by atoms with Crippen molar-refractivity contribution >= 4 is 0 Å². The Morgan fingerprint density at radius 3 is 2.38 bits per heavy atom. The number of aliphatic hydroxyl groups excluding tert-OH is 1. The highest BCUT2D eigenvalue weighted by Gasteiger charge is 2.39. The van der Waals surface area contributed by atoms with Gasteiger partial charge in [-0.1, -0.05) is 6.42 Å². The van der Waals surface area contributed by atoms with Crippen molar-refractivity contribution in [3.8, 4) is 0 Å². The van der Waals surface area contributed by atoms with Gasteiger partial charge >= 0.3 is 0 Å². The fraction of sp³-hybridized carbons (Fsp3) is 1.00. The standard InChI is InChI=1S/C14H24O2/c15-13-3-5-14(6-4-13)16-9-12-8-10-1-2-11(12)7-10/h10-15H,1-9H2. The van der Waals surface area contributed by atoms with Crippen molar-refractivity contribution in [3.05, 3.63) is 0 Å². The number of hydrogen-bond acceptors (Lipinski definition) is 2. The number of rotatable bonds is 3. The van der Waals surface area contributed by atoms with Crippen LogP contribution in [0.25, 0.3) is 0 Å². The molecule has 3 aliphatic rings. The first-order valence-corrected chi connectivity index (χ1v) is 7.11. The van der Waals surface area contributed by atoms with Crippen molar-refractivity contribution in [2.75, 3.05) is 6.61 Å². The summed E-state index contributed by atoms with van der Waals surface area (Å²) in [5.41, 5.74) is 0. The molecule has 3 saturated carbocycles. The Hall–Kier alpha value is -0.0800. The van der Waals surface area contributed by atoms with Gasteiger partial charge in [-0.25, -0.2) is 0 Å². The molecule has 2 heteroatoms. The van der Waals surface area contributed by atoms with E-state index in [9.17, 15) is 5.11 Å². The summed E-state index contributed by atoms with van der Waals surface area (Å²) in [6, 6.07) is 0. The van der Waals surface area contributed by atoms with Gasteiger partial charge in [-0.3, -0.25) is 0 Å². The molecule has 3 rings (SSSR count). The highest BCUT2D eigenvalue weighted by Crippen LogP contribution is 2.48. The van der Waals surface area contributed by atoms with Crippen molar-refractivity contribution in [1.82, 2.24) is 0 Å². The molecule has 0 saturated heterocycles. The third-order valence-corrected chi connectivity index (χ3v) is 5.07. The average Bonchev–Trinajstić information content (AvgIpc) is 2.90. The van der Waals surface area contributed by atoms with Crippen LogP contribution in [0.3, 0.4) is 0 Å². The summed E-state index contributed by atoms with van der Waals surface area (Å²) in [5.74, 6) is 2.89. The smallest absolute Gasteiger partial charge is 0.0577 e. The zero-order valence-corrected chi connectivity index (χ0v) is 10.1. The Kier molecular flexibility index (Phi) is 3.21. The van der Waals surface area contributed by atoms with Crippen LogP contribution in [-0.4, -0.2) is 23.9 Å². The van der Waals surface area contributed by atoms with Crippen molar-refractivity contribution in [2.45, 2.75) is 63.6 Å². The molecule has 1 N–H and O–H groups in total. The lowest BCUT2D eigenvalue weighted by atomic mass is 9.89. The number of fused-ring (bicyclic) bond motifs is 2. The van der Waals surface area contributed by atoms with E-state index in [1.807, 2.05) is 0 Å². The van der Waals surface area contributed by atoms with E-state index in [-0.39, 0.29) is 6.10 Å². The van der Waals surface area contributed by atoms with Crippen LogP contribution in [0.1, 0.15) is 51.4 Å². The fourth-order valence-electron chi connectivity index (χ4n) is 4.05. The molecular formula is C14H24O2. The van der Waals surface area contributed by atoms with Gasteiger partial charge in [-0.2, -0.15) is 0 Å². The highest BCUT2D eigenvalue weighted by atomic mass is 16.5. The molecule has 2 bridgehead atoms. The molecule has 0 amide bonds. The summed E-state index contributed by atoms with van der Waals surface area (Å²) in [7, 11) is 0. The molecule has 0 radical (unpaired) electrons. The molecule has 3 atom stereocenters. The molecule has 0 spiro atoms. The van der Waals surface area contributed by atoms with E-state index in [1.54, 1.807) is 0 Å². The monoisotopic (exact) mass is 224 g/mol. The molecule has 3 fully saturated rings. The quantitative estimate of drug-likeness (QED) is 0.798. The minimum Gasteiger partial charge on any atom is -0.393 e. The molecule has 3 aliphatic carbocycles. The van der Waals surface area contributed by atoms with Crippen LogP contribution in [-0.2, 0) is 4.74 Å². The van der Waals surface area contributed by atoms with Crippen molar-refractivity contribution in [3.63, 3.8) is 0 Å². The van der Waals surface area contributed by atoms with Gasteiger partial charge in [0.2, 0.25) is 0 Å². The van der Waals surface area contributed by atoms with E-state index >= 15 is 0 Å². The maximum Gasteiger partial charge on any atom is 0.0577 e. The molecule has 0 aromatic carbocycles. The molecule has 0 heterocycles. The van der Waals surface area contributed by atoms with Gasteiger partial charge in [0.25, 0.3) is 0 Å². The molecule has 16 heavy (non-hydrogen) atoms. The summed E-state index contributed by atoms with van der Waals surface area (Å²) in [4.78, 5) is 0. The van der Waals surface area contributed by atoms with Gasteiger partial charge in [0.05, 0.1) is 18.8 Å². The molecule has 0 aliphatic heterocycles. The Balaban J connectivity index is 1.40. The number of hydrogen-bond donors (Lipinski definition) is 1. The van der Waals surface area contributed by atoms with Crippen LogP contribution in [0.5, 0.6) is 0 Å². The molecule has 0 aromatic heterocycles. The first-order valence-electron chi connectivity index (χ1n) is 7.11. The lowest BCUT2D eigenvalue weighted by Crippen LogP contribution is -2.27. The Bertz CT molecular complexity index is 233. The summed E-state index contributed by atoms with van der Waals surface area (Å²) in [6.07, 6.45) is 10.3. The maximum atomic E-state index is 9.44. The zero-order valence-electron chi connectivity index (χ0n) is 10.1. The highest BCUT2D eigenvalue weighted by molar-refractivity contribution is 4.90. The fourth-order valence-corrected chi connectivity index (χ4v) is 4.05. The van der Waals surface area contributed by atoms with Crippen LogP contribution in [0.15, 0.2) is 0 Å². The van der Waals surface area contributed by atoms with Crippen LogP contribution in [0, 0.1) is 17.8 Å². The third kappa shape index (κ3) is 2.28. The Labute approximate surface area is 98.4 Å². The molecule has 2 nitrogen and oxygen atoms in total. The van der Waals surface area contributed by atoms with E-state index in [1.165, 1.54) is 25.7 Å². The molecule has 0 aromatic rings. The van der Waals surface area contributed by atoms with Gasteiger partial charge < -0.3 is 9.84 Å². The summed E-state index contributed by atoms with van der Waals surface area (Å²) in [5, 5.41) is 9.44. The zero-order chi connectivity index (χ0) is 11.0. The second-order valence-electron chi connectivity index (χ2n) is 6.20. The summed E-state index contributed by atoms with van der Waals surface area (Å²) < 4.78 is 6.06. The Morgan fingerprint density at radius 2 is 1.75 bits per heavy atom. The van der Waals surface area contributed by atoms with Gasteiger partial charge in [0.15, 0.2) is 0 Å². The van der Waals surface area contributed by atoms with Gasteiger partial charge in [0, 0.05) is 0 Å². The second-order valence-corrected chi connectivity index (χ2v) is 6.20. The normalized spacial score (nSPS) is 47.4. The van der Waals surface area contributed by atoms with E-state index in [2.05, 4.69) is 0 Å². The van der Waals surface area contributed by atoms with E-state index in [0.29, 0.717) is 6.10 Å². The lowest BCUT2D eigenvalue weighted by Gasteiger charge is -2.28. The van der Waals surface area contributed by atoms with E-state index < -0.39 is 0 Å². The SMILES string of the molecule is OC1CCC(OCC2CC3CCC2C3)CC1. The Morgan fingerprint density at radius 1 is 0.938 bits per heavy atom. The minimum atomic E-state index is -0.0534. The third-order valence-electron chi connectivity index (χ3n) is 5.07. The largest absolute Gasteiger partial charge is 0.393 e. The van der Waals surface area contributed by atoms with Crippen LogP contribution in [0.4, 0.5) is 0 Å². The van der Waals surface area contributed by atoms with Crippen LogP contribution < -0.4 is 0 Å². The molecular weight excluding hydrogens is 200 g/mol. The van der Waals surface area contributed by atoms with Gasteiger partial charge in [-0.05, 0) is 62.7 Å². The minimum absolute atomic E-state index is 0.0534. The van der Waals surface area contributed by atoms with Crippen molar-refractivity contribution in [1.29, 1.82) is 0 Å². The average molecular weight is 224 g/mol. The first kappa shape index (κ1) is 11.0.